The van der Waals surface area contributed by atoms with Crippen LogP contribution >= 0.6 is 0 Å². The topological polar surface area (TPSA) is 98.9 Å². The van der Waals surface area contributed by atoms with E-state index in [1.165, 1.54) is 19.2 Å². The van der Waals surface area contributed by atoms with Gasteiger partial charge in [-0.05, 0) is 24.5 Å². The number of ether oxygens (including phenoxy) is 2. The van der Waals surface area contributed by atoms with Crippen LogP contribution in [-0.4, -0.2) is 36.3 Å². The zero-order valence-corrected chi connectivity index (χ0v) is 11.0. The van der Waals surface area contributed by atoms with E-state index in [0.29, 0.717) is 24.3 Å². The van der Waals surface area contributed by atoms with Crippen molar-refractivity contribution in [3.63, 3.8) is 0 Å². The van der Waals surface area contributed by atoms with E-state index in [1.807, 2.05) is 0 Å². The molecule has 1 aromatic carbocycles. The molecule has 0 aliphatic carbocycles. The Bertz CT molecular complexity index is 536. The molecule has 1 N–H and O–H groups in total. The smallest absolute Gasteiger partial charge is 0.312 e. The summed E-state index contributed by atoms with van der Waals surface area (Å²) in [5.74, 6) is -0.603. The molecule has 108 valence electrons. The van der Waals surface area contributed by atoms with Gasteiger partial charge in [0.25, 0.3) is 5.69 Å². The molecule has 1 unspecified atom stereocenters. The van der Waals surface area contributed by atoms with Crippen LogP contribution in [0.4, 0.5) is 5.69 Å². The Labute approximate surface area is 115 Å². The third-order valence-electron chi connectivity index (χ3n) is 3.50. The van der Waals surface area contributed by atoms with Crippen molar-refractivity contribution in [2.45, 2.75) is 12.8 Å². The molecule has 0 aromatic heterocycles. The maximum atomic E-state index is 11.5. The van der Waals surface area contributed by atoms with Gasteiger partial charge in [-0.25, -0.2) is 0 Å². The summed E-state index contributed by atoms with van der Waals surface area (Å²) in [6.07, 6.45) is 0.577. The maximum absolute atomic E-state index is 11.5. The average Bonchev–Trinajstić information content (AvgIpc) is 2.88. The fourth-order valence-corrected chi connectivity index (χ4v) is 2.35. The van der Waals surface area contributed by atoms with Crippen molar-refractivity contribution in [2.75, 3.05) is 20.3 Å². The number of carboxylic acid groups (broad SMARTS) is 1. The number of non-ortho nitro benzene ring substituents is 1. The zero-order chi connectivity index (χ0) is 14.8. The first-order chi connectivity index (χ1) is 9.47. The van der Waals surface area contributed by atoms with Crippen LogP contribution in [0.5, 0.6) is 5.75 Å². The Kier molecular flexibility index (Phi) is 3.89. The molecule has 0 amide bonds. The summed E-state index contributed by atoms with van der Waals surface area (Å²) in [7, 11) is 1.41. The SMILES string of the molecule is COc1cc(CC2(C(=O)O)CCOC2)cc([N+](=O)[O-])c1. The van der Waals surface area contributed by atoms with Crippen LogP contribution in [0.25, 0.3) is 0 Å². The first-order valence-corrected chi connectivity index (χ1v) is 6.10. The van der Waals surface area contributed by atoms with Crippen molar-refractivity contribution in [3.8, 4) is 5.75 Å². The van der Waals surface area contributed by atoms with Gasteiger partial charge in [-0.1, -0.05) is 0 Å². The number of nitrogens with zero attached hydrogens (tertiary/aromatic N) is 1. The summed E-state index contributed by atoms with van der Waals surface area (Å²) in [6.45, 7) is 0.506. The van der Waals surface area contributed by atoms with Crippen LogP contribution in [0.2, 0.25) is 0 Å². The van der Waals surface area contributed by atoms with Crippen molar-refractivity contribution in [3.05, 3.63) is 33.9 Å². The Morgan fingerprint density at radius 3 is 2.80 bits per heavy atom. The number of rotatable bonds is 5. The van der Waals surface area contributed by atoms with Crippen LogP contribution < -0.4 is 4.74 Å². The summed E-state index contributed by atoms with van der Waals surface area (Å²) < 4.78 is 10.2. The second-order valence-corrected chi connectivity index (χ2v) is 4.86. The van der Waals surface area contributed by atoms with Gasteiger partial charge in [0.15, 0.2) is 0 Å². The zero-order valence-electron chi connectivity index (χ0n) is 11.0. The number of hydrogen-bond donors (Lipinski definition) is 1. The molecule has 2 rings (SSSR count). The molecule has 1 atom stereocenters. The molecule has 7 heteroatoms. The molecular formula is C13H15NO6. The highest BCUT2D eigenvalue weighted by molar-refractivity contribution is 5.75. The quantitative estimate of drug-likeness (QED) is 0.650. The molecule has 1 aromatic rings. The number of carboxylic acids is 1. The lowest BCUT2D eigenvalue weighted by Crippen LogP contribution is -2.33. The molecule has 1 aliphatic heterocycles. The summed E-state index contributed by atoms with van der Waals surface area (Å²) >= 11 is 0. The largest absolute Gasteiger partial charge is 0.496 e. The molecule has 1 fully saturated rings. The van der Waals surface area contributed by atoms with Gasteiger partial charge in [0.1, 0.15) is 5.75 Å². The Morgan fingerprint density at radius 1 is 1.55 bits per heavy atom. The van der Waals surface area contributed by atoms with E-state index in [0.717, 1.165) is 0 Å². The first-order valence-electron chi connectivity index (χ1n) is 6.10. The average molecular weight is 281 g/mol. The van der Waals surface area contributed by atoms with Gasteiger partial charge in [0.2, 0.25) is 0 Å². The molecular weight excluding hydrogens is 266 g/mol. The Balaban J connectivity index is 2.34. The minimum Gasteiger partial charge on any atom is -0.496 e. The van der Waals surface area contributed by atoms with E-state index < -0.39 is 16.3 Å². The monoisotopic (exact) mass is 281 g/mol. The molecule has 0 radical (unpaired) electrons. The third-order valence-corrected chi connectivity index (χ3v) is 3.50. The summed E-state index contributed by atoms with van der Waals surface area (Å²) in [5.41, 5.74) is -0.567. The van der Waals surface area contributed by atoms with Gasteiger partial charge in [-0.2, -0.15) is 0 Å². The number of hydrogen-bond acceptors (Lipinski definition) is 5. The van der Waals surface area contributed by atoms with E-state index in [9.17, 15) is 20.0 Å². The van der Waals surface area contributed by atoms with E-state index in [2.05, 4.69) is 0 Å². The molecule has 7 nitrogen and oxygen atoms in total. The molecule has 20 heavy (non-hydrogen) atoms. The number of benzene rings is 1. The van der Waals surface area contributed by atoms with Crippen LogP contribution in [0, 0.1) is 15.5 Å². The molecule has 1 saturated heterocycles. The first kappa shape index (κ1) is 14.3. The number of carbonyl (C=O) groups is 1. The molecule has 0 spiro atoms. The van der Waals surface area contributed by atoms with Gasteiger partial charge in [-0.15, -0.1) is 0 Å². The number of nitro groups is 1. The highest BCUT2D eigenvalue weighted by Gasteiger charge is 2.42. The second kappa shape index (κ2) is 5.46. The fraction of sp³-hybridized carbons (Fsp3) is 0.462. The molecule has 0 saturated carbocycles. The Hall–Kier alpha value is -2.15. The van der Waals surface area contributed by atoms with Gasteiger partial charge < -0.3 is 14.6 Å². The van der Waals surface area contributed by atoms with Crippen molar-refractivity contribution < 1.29 is 24.3 Å². The van der Waals surface area contributed by atoms with Crippen LogP contribution in [0.1, 0.15) is 12.0 Å². The number of aliphatic carboxylic acids is 1. The van der Waals surface area contributed by atoms with E-state index >= 15 is 0 Å². The molecule has 1 heterocycles. The van der Waals surface area contributed by atoms with E-state index in [-0.39, 0.29) is 18.7 Å². The molecule has 0 bridgehead atoms. The van der Waals surface area contributed by atoms with Gasteiger partial charge in [0.05, 0.1) is 30.1 Å². The lowest BCUT2D eigenvalue weighted by molar-refractivity contribution is -0.385. The van der Waals surface area contributed by atoms with Crippen molar-refractivity contribution >= 4 is 11.7 Å². The normalized spacial score (nSPS) is 21.6. The summed E-state index contributed by atoms with van der Waals surface area (Å²) in [6, 6.07) is 4.31. The highest BCUT2D eigenvalue weighted by Crippen LogP contribution is 2.35. The van der Waals surface area contributed by atoms with E-state index in [1.54, 1.807) is 6.07 Å². The maximum Gasteiger partial charge on any atom is 0.312 e. The minimum absolute atomic E-state index is 0.112. The Morgan fingerprint density at radius 2 is 2.30 bits per heavy atom. The van der Waals surface area contributed by atoms with Gasteiger partial charge in [0, 0.05) is 12.7 Å². The van der Waals surface area contributed by atoms with Crippen molar-refractivity contribution in [2.24, 2.45) is 5.41 Å². The minimum atomic E-state index is -1.01. The standard InChI is InChI=1S/C13H15NO6/c1-19-11-5-9(4-10(6-11)14(17)18)7-13(12(15)16)2-3-20-8-13/h4-6H,2-3,7-8H2,1H3,(H,15,16). The summed E-state index contributed by atoms with van der Waals surface area (Å²) in [4.78, 5) is 21.8. The predicted octanol–water partition coefficient (Wildman–Crippen LogP) is 1.64. The number of nitro benzene ring substituents is 1. The lowest BCUT2D eigenvalue weighted by atomic mass is 9.81. The van der Waals surface area contributed by atoms with Crippen molar-refractivity contribution in [1.82, 2.24) is 0 Å². The van der Waals surface area contributed by atoms with Gasteiger partial charge in [-0.3, -0.25) is 14.9 Å². The van der Waals surface area contributed by atoms with E-state index in [4.69, 9.17) is 9.47 Å². The van der Waals surface area contributed by atoms with Crippen molar-refractivity contribution in [1.29, 1.82) is 0 Å². The highest BCUT2D eigenvalue weighted by atomic mass is 16.6. The lowest BCUT2D eigenvalue weighted by Gasteiger charge is -2.22. The van der Waals surface area contributed by atoms with Crippen LogP contribution in [0.15, 0.2) is 18.2 Å². The van der Waals surface area contributed by atoms with Gasteiger partial charge >= 0.3 is 5.97 Å². The van der Waals surface area contributed by atoms with Crippen LogP contribution in [0.3, 0.4) is 0 Å². The van der Waals surface area contributed by atoms with Crippen LogP contribution in [-0.2, 0) is 16.0 Å². The molecule has 1 aliphatic rings. The number of methoxy groups -OCH3 is 1. The predicted molar refractivity (Wildman–Crippen MR) is 68.9 cm³/mol. The fourth-order valence-electron chi connectivity index (χ4n) is 2.35. The summed E-state index contributed by atoms with van der Waals surface area (Å²) in [5, 5.41) is 20.3. The second-order valence-electron chi connectivity index (χ2n) is 4.86. The third kappa shape index (κ3) is 2.72.